The molecule has 3 heterocycles. The van der Waals surface area contributed by atoms with E-state index in [9.17, 15) is 27.9 Å². The molecule has 1 aromatic carbocycles. The van der Waals surface area contributed by atoms with Gasteiger partial charge in [-0.15, -0.1) is 0 Å². The minimum absolute atomic E-state index is 0.0552. The molecule has 0 bridgehead atoms. The zero-order chi connectivity index (χ0) is 20.8. The molecule has 1 unspecified atom stereocenters. The maximum absolute atomic E-state index is 12.7. The molecule has 1 amide bonds. The smallest absolute Gasteiger partial charge is 0.431 e. The minimum Gasteiger partial charge on any atom is -0.508 e. The number of carbonyl (C=O) groups is 1. The van der Waals surface area contributed by atoms with E-state index >= 15 is 0 Å². The number of aromatic amines is 1. The number of pyridine rings is 2. The number of nitrogens with one attached hydrogen (secondary N) is 2. The molecule has 1 aliphatic heterocycles. The van der Waals surface area contributed by atoms with Crippen LogP contribution in [0.4, 0.5) is 13.2 Å². The van der Waals surface area contributed by atoms with Crippen molar-refractivity contribution in [1.29, 1.82) is 0 Å². The third-order valence-corrected chi connectivity index (χ3v) is 4.39. The van der Waals surface area contributed by atoms with Gasteiger partial charge in [0, 0.05) is 23.4 Å². The molecular weight excluding hydrogens is 391 g/mol. The van der Waals surface area contributed by atoms with E-state index in [2.05, 4.69) is 10.3 Å². The van der Waals surface area contributed by atoms with Crippen molar-refractivity contribution in [2.75, 3.05) is 0 Å². The van der Waals surface area contributed by atoms with E-state index in [0.717, 1.165) is 6.07 Å². The Balaban J connectivity index is 1.71. The van der Waals surface area contributed by atoms with Crippen LogP contribution < -0.4 is 15.6 Å². The van der Waals surface area contributed by atoms with E-state index in [4.69, 9.17) is 4.74 Å². The van der Waals surface area contributed by atoms with E-state index in [1.165, 1.54) is 30.6 Å². The van der Waals surface area contributed by atoms with Gasteiger partial charge in [-0.3, -0.25) is 14.6 Å². The highest BCUT2D eigenvalue weighted by Crippen LogP contribution is 2.43. The summed E-state index contributed by atoms with van der Waals surface area (Å²) >= 11 is 0. The van der Waals surface area contributed by atoms with Crippen LogP contribution in [0.5, 0.6) is 17.2 Å². The molecule has 0 fully saturated rings. The summed E-state index contributed by atoms with van der Waals surface area (Å²) in [6, 6.07) is 6.58. The normalized spacial score (nSPS) is 15.1. The van der Waals surface area contributed by atoms with Crippen LogP contribution in [-0.2, 0) is 6.18 Å². The van der Waals surface area contributed by atoms with E-state index in [0.29, 0.717) is 22.9 Å². The van der Waals surface area contributed by atoms with Gasteiger partial charge >= 0.3 is 6.18 Å². The zero-order valence-corrected chi connectivity index (χ0v) is 14.4. The first kappa shape index (κ1) is 18.5. The molecule has 3 N–H and O–H groups in total. The van der Waals surface area contributed by atoms with E-state index < -0.39 is 34.9 Å². The fraction of sp³-hybridized carbons (Fsp3) is 0.105. The molecule has 1 aliphatic rings. The largest absolute Gasteiger partial charge is 0.508 e. The van der Waals surface area contributed by atoms with Crippen LogP contribution in [-0.4, -0.2) is 21.0 Å². The van der Waals surface area contributed by atoms with Gasteiger partial charge in [-0.05, 0) is 30.3 Å². The molecule has 0 radical (unpaired) electrons. The molecule has 4 rings (SSSR count). The SMILES string of the molecule is O=C(NC1c2ccncc2Oc2cc(O)ccc21)c1ccc(C(F)(F)F)[nH]c1=O. The number of hydrogen-bond donors (Lipinski definition) is 3. The molecule has 2 aromatic heterocycles. The Hall–Kier alpha value is -3.82. The number of aromatic hydroxyl groups is 1. The molecule has 3 aromatic rings. The second-order valence-electron chi connectivity index (χ2n) is 6.26. The number of hydrogen-bond acceptors (Lipinski definition) is 5. The molecule has 10 heteroatoms. The van der Waals surface area contributed by atoms with Gasteiger partial charge in [0.2, 0.25) is 0 Å². The maximum Gasteiger partial charge on any atom is 0.431 e. The van der Waals surface area contributed by atoms with Gasteiger partial charge in [0.15, 0.2) is 5.75 Å². The maximum atomic E-state index is 12.7. The Bertz CT molecular complexity index is 1170. The highest BCUT2D eigenvalue weighted by molar-refractivity contribution is 5.94. The highest BCUT2D eigenvalue weighted by Gasteiger charge is 2.33. The van der Waals surface area contributed by atoms with Crippen molar-refractivity contribution in [3.05, 3.63) is 81.5 Å². The van der Waals surface area contributed by atoms with Gasteiger partial charge in [0.05, 0.1) is 12.2 Å². The lowest BCUT2D eigenvalue weighted by molar-refractivity contribution is -0.141. The van der Waals surface area contributed by atoms with Crippen LogP contribution in [0.25, 0.3) is 0 Å². The average molecular weight is 403 g/mol. The summed E-state index contributed by atoms with van der Waals surface area (Å²) < 4.78 is 43.9. The molecule has 0 saturated carbocycles. The molecule has 0 saturated heterocycles. The first-order valence-corrected chi connectivity index (χ1v) is 8.30. The molecular formula is C19H12F3N3O4. The topological polar surface area (TPSA) is 104 Å². The number of H-pyrrole nitrogens is 1. The number of aromatic nitrogens is 2. The summed E-state index contributed by atoms with van der Waals surface area (Å²) in [4.78, 5) is 30.3. The second kappa shape index (κ2) is 6.66. The Morgan fingerprint density at radius 1 is 1.14 bits per heavy atom. The molecule has 1 atom stereocenters. The first-order chi connectivity index (χ1) is 13.7. The monoisotopic (exact) mass is 403 g/mol. The van der Waals surface area contributed by atoms with Crippen molar-refractivity contribution in [2.24, 2.45) is 0 Å². The van der Waals surface area contributed by atoms with Gasteiger partial charge in [0.1, 0.15) is 22.8 Å². The number of fused-ring (bicyclic) bond motifs is 2. The van der Waals surface area contributed by atoms with Gasteiger partial charge < -0.3 is 20.1 Å². The molecule has 7 nitrogen and oxygen atoms in total. The van der Waals surface area contributed by atoms with E-state index in [1.807, 2.05) is 0 Å². The second-order valence-corrected chi connectivity index (χ2v) is 6.26. The number of benzene rings is 1. The number of amides is 1. The van der Waals surface area contributed by atoms with Crippen molar-refractivity contribution in [3.8, 4) is 17.2 Å². The Morgan fingerprint density at radius 2 is 1.90 bits per heavy atom. The number of phenolic OH excluding ortho intramolecular Hbond substituents is 1. The molecule has 148 valence electrons. The lowest BCUT2D eigenvalue weighted by atomic mass is 9.95. The summed E-state index contributed by atoms with van der Waals surface area (Å²) in [5.41, 5.74) is -1.85. The van der Waals surface area contributed by atoms with E-state index in [1.54, 1.807) is 11.1 Å². The fourth-order valence-corrected chi connectivity index (χ4v) is 3.03. The average Bonchev–Trinajstić information content (AvgIpc) is 2.66. The Labute approximate surface area is 160 Å². The van der Waals surface area contributed by atoms with Crippen molar-refractivity contribution >= 4 is 5.91 Å². The van der Waals surface area contributed by atoms with E-state index in [-0.39, 0.29) is 11.5 Å². The third kappa shape index (κ3) is 3.40. The predicted octanol–water partition coefficient (Wildman–Crippen LogP) is 3.12. The van der Waals surface area contributed by atoms with Gasteiger partial charge in [-0.25, -0.2) is 0 Å². The molecule has 29 heavy (non-hydrogen) atoms. The highest BCUT2D eigenvalue weighted by atomic mass is 19.4. The van der Waals surface area contributed by atoms with Crippen LogP contribution in [0.3, 0.4) is 0 Å². The number of halogens is 3. The lowest BCUT2D eigenvalue weighted by Gasteiger charge is -2.28. The fourth-order valence-electron chi connectivity index (χ4n) is 3.03. The van der Waals surface area contributed by atoms with Crippen molar-refractivity contribution in [2.45, 2.75) is 12.2 Å². The van der Waals surface area contributed by atoms with Crippen LogP contribution in [0.15, 0.2) is 53.6 Å². The minimum atomic E-state index is -4.73. The summed E-state index contributed by atoms with van der Waals surface area (Å²) in [6.45, 7) is 0. The number of ether oxygens (including phenoxy) is 1. The van der Waals surface area contributed by atoms with Gasteiger partial charge in [0.25, 0.3) is 11.5 Å². The Morgan fingerprint density at radius 3 is 2.62 bits per heavy atom. The number of phenols is 1. The van der Waals surface area contributed by atoms with Gasteiger partial charge in [-0.2, -0.15) is 13.2 Å². The van der Waals surface area contributed by atoms with Gasteiger partial charge in [-0.1, -0.05) is 0 Å². The van der Waals surface area contributed by atoms with Crippen LogP contribution in [0, 0.1) is 0 Å². The number of nitrogens with zero attached hydrogens (tertiary/aromatic N) is 1. The van der Waals surface area contributed by atoms with Crippen LogP contribution >= 0.6 is 0 Å². The molecule has 0 aliphatic carbocycles. The van der Waals surface area contributed by atoms with Crippen molar-refractivity contribution in [1.82, 2.24) is 15.3 Å². The summed E-state index contributed by atoms with van der Waals surface area (Å²) in [5, 5.41) is 12.3. The summed E-state index contributed by atoms with van der Waals surface area (Å²) in [5.74, 6) is -0.316. The summed E-state index contributed by atoms with van der Waals surface area (Å²) in [6.07, 6.45) is -1.83. The predicted molar refractivity (Wildman–Crippen MR) is 93.8 cm³/mol. The number of carbonyl (C=O) groups excluding carboxylic acids is 1. The molecule has 0 spiro atoms. The zero-order valence-electron chi connectivity index (χ0n) is 14.4. The number of rotatable bonds is 2. The Kier molecular flexibility index (Phi) is 4.26. The lowest BCUT2D eigenvalue weighted by Crippen LogP contribution is -2.35. The first-order valence-electron chi connectivity index (χ1n) is 8.30. The van der Waals surface area contributed by atoms with Crippen LogP contribution in [0.2, 0.25) is 0 Å². The third-order valence-electron chi connectivity index (χ3n) is 4.39. The van der Waals surface area contributed by atoms with Crippen molar-refractivity contribution < 1.29 is 27.8 Å². The summed E-state index contributed by atoms with van der Waals surface area (Å²) in [7, 11) is 0. The van der Waals surface area contributed by atoms with Crippen molar-refractivity contribution in [3.63, 3.8) is 0 Å². The van der Waals surface area contributed by atoms with Crippen LogP contribution in [0.1, 0.15) is 33.2 Å². The standard InChI is InChI=1S/C19H12F3N3O4/c20-19(21,22)15-4-3-12(17(27)24-15)18(28)25-16-10-2-1-9(26)7-13(10)29-14-8-23-6-5-11(14)16/h1-8,16,26H,(H,24,27)(H,25,28). The quantitative estimate of drug-likeness (QED) is 0.610. The number of alkyl halides is 3.